The van der Waals surface area contributed by atoms with Gasteiger partial charge < -0.3 is 9.84 Å². The lowest BCUT2D eigenvalue weighted by Gasteiger charge is -2.23. The summed E-state index contributed by atoms with van der Waals surface area (Å²) in [6, 6.07) is 8.60. The van der Waals surface area contributed by atoms with E-state index in [1.165, 1.54) is 10.6 Å². The minimum atomic E-state index is -1.25. The molecule has 3 rings (SSSR count). The summed E-state index contributed by atoms with van der Waals surface area (Å²) < 4.78 is 21.6. The Morgan fingerprint density at radius 1 is 1.21 bits per heavy atom. The van der Waals surface area contributed by atoms with E-state index in [0.29, 0.717) is 11.3 Å². The first-order valence-corrected chi connectivity index (χ1v) is 9.41. The third-order valence-corrected chi connectivity index (χ3v) is 5.04. The topological polar surface area (TPSA) is 73.5 Å². The zero-order valence-corrected chi connectivity index (χ0v) is 17.3. The van der Waals surface area contributed by atoms with Gasteiger partial charge in [0.05, 0.1) is 41.2 Å². The van der Waals surface area contributed by atoms with Crippen molar-refractivity contribution in [3.63, 3.8) is 0 Å². The average molecular weight is 421 g/mol. The van der Waals surface area contributed by atoms with Gasteiger partial charge in [0.15, 0.2) is 0 Å². The molecule has 1 atom stereocenters. The second-order valence-corrected chi connectivity index (χ2v) is 8.00. The lowest BCUT2D eigenvalue weighted by Crippen LogP contribution is -2.44. The first-order chi connectivity index (χ1) is 13.5. The second kappa shape index (κ2) is 7.65. The molecule has 6 nitrogen and oxygen atoms in total. The van der Waals surface area contributed by atoms with E-state index in [2.05, 4.69) is 0 Å². The van der Waals surface area contributed by atoms with Crippen LogP contribution in [0.3, 0.4) is 0 Å². The zero-order valence-electron chi connectivity index (χ0n) is 16.6. The Morgan fingerprint density at radius 3 is 2.38 bits per heavy atom. The highest BCUT2D eigenvalue weighted by Gasteiger charge is 2.23. The molecule has 1 N–H and O–H groups in total. The smallest absolute Gasteiger partial charge is 0.332 e. The van der Waals surface area contributed by atoms with Gasteiger partial charge in [0.25, 0.3) is 5.56 Å². The van der Waals surface area contributed by atoms with Crippen LogP contribution in [0.1, 0.15) is 32.4 Å². The number of hydrogen-bond acceptors (Lipinski definition) is 4. The van der Waals surface area contributed by atoms with E-state index < -0.39 is 28.7 Å². The minimum absolute atomic E-state index is 0.0103. The minimum Gasteiger partial charge on any atom is -0.497 e. The Balaban J connectivity index is 2.32. The summed E-state index contributed by atoms with van der Waals surface area (Å²) in [5.41, 5.74) is -1.62. The number of aliphatic hydroxyl groups is 1. The van der Waals surface area contributed by atoms with E-state index in [1.807, 2.05) is 0 Å². The first kappa shape index (κ1) is 21.1. The van der Waals surface area contributed by atoms with E-state index in [9.17, 15) is 19.1 Å². The van der Waals surface area contributed by atoms with Crippen LogP contribution in [0.15, 0.2) is 46.0 Å². The Bertz CT molecular complexity index is 1180. The largest absolute Gasteiger partial charge is 0.497 e. The van der Waals surface area contributed by atoms with Crippen molar-refractivity contribution < 1.29 is 14.2 Å². The summed E-state index contributed by atoms with van der Waals surface area (Å²) in [4.78, 5) is 26.4. The van der Waals surface area contributed by atoms with Gasteiger partial charge in [-0.25, -0.2) is 9.18 Å². The van der Waals surface area contributed by atoms with Crippen LogP contribution in [-0.2, 0) is 6.54 Å². The quantitative estimate of drug-likeness (QED) is 0.687. The number of rotatable bonds is 5. The average Bonchev–Trinajstić information content (AvgIpc) is 2.66. The predicted octanol–water partition coefficient (Wildman–Crippen LogP) is 3.34. The molecule has 0 amide bonds. The van der Waals surface area contributed by atoms with Crippen molar-refractivity contribution in [2.75, 3.05) is 7.11 Å². The summed E-state index contributed by atoms with van der Waals surface area (Å²) in [5, 5.41) is 10.1. The predicted molar refractivity (Wildman–Crippen MR) is 111 cm³/mol. The fourth-order valence-electron chi connectivity index (χ4n) is 3.29. The maximum Gasteiger partial charge on any atom is 0.332 e. The maximum atomic E-state index is 14.1. The van der Waals surface area contributed by atoms with Crippen LogP contribution in [-0.4, -0.2) is 27.0 Å². The SMILES string of the molecule is COc1ccc(C(C)n2c(=O)c3cc(F)c(Cl)cc3n(CC(C)(C)O)c2=O)cc1. The van der Waals surface area contributed by atoms with E-state index in [-0.39, 0.29) is 22.5 Å². The molecule has 1 aromatic heterocycles. The van der Waals surface area contributed by atoms with Crippen LogP contribution in [0.25, 0.3) is 10.9 Å². The number of hydrogen-bond donors (Lipinski definition) is 1. The summed E-state index contributed by atoms with van der Waals surface area (Å²) >= 11 is 5.89. The molecule has 1 unspecified atom stereocenters. The summed E-state index contributed by atoms with van der Waals surface area (Å²) in [7, 11) is 1.54. The molecule has 154 valence electrons. The molecule has 0 saturated carbocycles. The standard InChI is InChI=1S/C21H22ClFN2O4/c1-12(13-5-7-14(29-4)8-6-13)25-19(26)15-9-17(23)16(22)10-18(15)24(20(25)27)11-21(2,3)28/h5-10,12,28H,11H2,1-4H3. The third-order valence-electron chi connectivity index (χ3n) is 4.75. The highest BCUT2D eigenvalue weighted by atomic mass is 35.5. The van der Waals surface area contributed by atoms with E-state index in [4.69, 9.17) is 16.3 Å². The molecule has 3 aromatic rings. The van der Waals surface area contributed by atoms with Gasteiger partial charge in [-0.3, -0.25) is 13.9 Å². The van der Waals surface area contributed by atoms with Crippen molar-refractivity contribution in [2.24, 2.45) is 0 Å². The lowest BCUT2D eigenvalue weighted by atomic mass is 10.1. The molecule has 0 spiro atoms. The molecule has 2 aromatic carbocycles. The summed E-state index contributed by atoms with van der Waals surface area (Å²) in [6.45, 7) is 4.69. The highest BCUT2D eigenvalue weighted by molar-refractivity contribution is 6.31. The Morgan fingerprint density at radius 2 is 1.83 bits per heavy atom. The van der Waals surface area contributed by atoms with E-state index >= 15 is 0 Å². The number of ether oxygens (including phenoxy) is 1. The van der Waals surface area contributed by atoms with Gasteiger partial charge in [-0.1, -0.05) is 23.7 Å². The molecule has 0 fully saturated rings. The maximum absolute atomic E-state index is 14.1. The molecule has 0 aliphatic rings. The van der Waals surface area contributed by atoms with Crippen LogP contribution in [0.5, 0.6) is 5.75 Å². The number of benzene rings is 2. The van der Waals surface area contributed by atoms with E-state index in [0.717, 1.165) is 10.6 Å². The molecule has 0 aliphatic heterocycles. The van der Waals surface area contributed by atoms with Gasteiger partial charge in [-0.2, -0.15) is 0 Å². The van der Waals surface area contributed by atoms with Crippen molar-refractivity contribution in [1.29, 1.82) is 0 Å². The van der Waals surface area contributed by atoms with Gasteiger partial charge >= 0.3 is 5.69 Å². The van der Waals surface area contributed by atoms with Crippen LogP contribution >= 0.6 is 11.6 Å². The molecule has 0 saturated heterocycles. The van der Waals surface area contributed by atoms with Crippen molar-refractivity contribution in [3.05, 3.63) is 73.6 Å². The van der Waals surface area contributed by atoms with Gasteiger partial charge in [-0.15, -0.1) is 0 Å². The number of methoxy groups -OCH3 is 1. The van der Waals surface area contributed by atoms with Gasteiger partial charge in [0.2, 0.25) is 0 Å². The Labute approximate surface area is 171 Å². The van der Waals surface area contributed by atoms with Crippen LogP contribution in [0.4, 0.5) is 4.39 Å². The molecule has 29 heavy (non-hydrogen) atoms. The third kappa shape index (κ3) is 4.06. The fourth-order valence-corrected chi connectivity index (χ4v) is 3.45. The monoisotopic (exact) mass is 420 g/mol. The molecular formula is C21H22ClFN2O4. The normalized spacial score (nSPS) is 12.9. The molecule has 0 radical (unpaired) electrons. The van der Waals surface area contributed by atoms with Gasteiger partial charge in [0, 0.05) is 0 Å². The number of nitrogens with zero attached hydrogens (tertiary/aromatic N) is 2. The summed E-state index contributed by atoms with van der Waals surface area (Å²) in [5.74, 6) is -0.115. The van der Waals surface area contributed by atoms with Crippen LogP contribution in [0, 0.1) is 5.82 Å². The number of aromatic nitrogens is 2. The molecule has 1 heterocycles. The molecular weight excluding hydrogens is 399 g/mol. The highest BCUT2D eigenvalue weighted by Crippen LogP contribution is 2.23. The zero-order chi connectivity index (χ0) is 21.5. The number of fused-ring (bicyclic) bond motifs is 1. The van der Waals surface area contributed by atoms with Gasteiger partial charge in [-0.05, 0) is 50.6 Å². The first-order valence-electron chi connectivity index (χ1n) is 9.04. The van der Waals surface area contributed by atoms with Crippen LogP contribution in [0.2, 0.25) is 5.02 Å². The van der Waals surface area contributed by atoms with E-state index in [1.54, 1.807) is 52.1 Å². The van der Waals surface area contributed by atoms with Crippen LogP contribution < -0.4 is 16.0 Å². The Hall–Kier alpha value is -2.64. The second-order valence-electron chi connectivity index (χ2n) is 7.59. The summed E-state index contributed by atoms with van der Waals surface area (Å²) in [6.07, 6.45) is 0. The lowest BCUT2D eigenvalue weighted by molar-refractivity contribution is 0.0609. The number of halogens is 2. The van der Waals surface area contributed by atoms with Crippen molar-refractivity contribution in [2.45, 2.75) is 39.0 Å². The molecule has 0 aliphatic carbocycles. The Kier molecular flexibility index (Phi) is 5.56. The van der Waals surface area contributed by atoms with Crippen molar-refractivity contribution in [1.82, 2.24) is 9.13 Å². The molecule has 0 bridgehead atoms. The van der Waals surface area contributed by atoms with Crippen molar-refractivity contribution in [3.8, 4) is 5.75 Å². The van der Waals surface area contributed by atoms with Crippen molar-refractivity contribution >= 4 is 22.5 Å². The fraction of sp³-hybridized carbons (Fsp3) is 0.333. The molecule has 8 heteroatoms. The van der Waals surface area contributed by atoms with Gasteiger partial charge in [0.1, 0.15) is 11.6 Å².